The van der Waals surface area contributed by atoms with Crippen molar-refractivity contribution in [3.05, 3.63) is 0 Å². The minimum absolute atomic E-state index is 0.0315. The molecule has 15 heavy (non-hydrogen) atoms. The first-order valence-electron chi connectivity index (χ1n) is 6.50. The molecule has 3 nitrogen and oxygen atoms in total. The molecule has 3 aliphatic rings. The zero-order chi connectivity index (χ0) is 10.1. The Morgan fingerprint density at radius 1 is 1.07 bits per heavy atom. The van der Waals surface area contributed by atoms with Gasteiger partial charge in [0, 0.05) is 18.9 Å². The predicted molar refractivity (Wildman–Crippen MR) is 59.7 cm³/mol. The van der Waals surface area contributed by atoms with Gasteiger partial charge in [-0.3, -0.25) is 5.32 Å². The Bertz CT molecular complexity index is 226. The summed E-state index contributed by atoms with van der Waals surface area (Å²) in [6, 6.07) is 0.741. The molecule has 2 atom stereocenters. The Morgan fingerprint density at radius 3 is 2.73 bits per heavy atom. The van der Waals surface area contributed by atoms with Gasteiger partial charge < -0.3 is 10.1 Å². The Labute approximate surface area is 91.9 Å². The highest BCUT2D eigenvalue weighted by atomic mass is 16.5. The molecule has 2 unspecified atom stereocenters. The van der Waals surface area contributed by atoms with Gasteiger partial charge in [0.05, 0.1) is 6.61 Å². The van der Waals surface area contributed by atoms with Crippen molar-refractivity contribution in [2.75, 3.05) is 19.7 Å². The maximum absolute atomic E-state index is 6.12. The van der Waals surface area contributed by atoms with Gasteiger partial charge in [-0.05, 0) is 31.8 Å². The first kappa shape index (κ1) is 10.1. The standard InChI is InChI=1S/C12H22N2O/c1-2-4-11-10(3-1)9-15-12(14-11)5-7-13-8-6-12/h10-11,13-14H,1-9H2. The van der Waals surface area contributed by atoms with Crippen LogP contribution in [0.2, 0.25) is 0 Å². The van der Waals surface area contributed by atoms with Crippen molar-refractivity contribution in [3.8, 4) is 0 Å². The van der Waals surface area contributed by atoms with E-state index in [0.717, 1.165) is 44.5 Å². The molecule has 0 radical (unpaired) electrons. The molecule has 1 spiro atoms. The highest BCUT2D eigenvalue weighted by molar-refractivity contribution is 4.94. The van der Waals surface area contributed by atoms with Crippen LogP contribution in [-0.2, 0) is 4.74 Å². The van der Waals surface area contributed by atoms with Gasteiger partial charge in [-0.2, -0.15) is 0 Å². The van der Waals surface area contributed by atoms with Crippen molar-refractivity contribution in [3.63, 3.8) is 0 Å². The minimum Gasteiger partial charge on any atom is -0.360 e. The maximum atomic E-state index is 6.12. The lowest BCUT2D eigenvalue weighted by molar-refractivity contribution is -0.153. The molecule has 0 aromatic heterocycles. The number of hydrogen-bond donors (Lipinski definition) is 2. The molecule has 0 bridgehead atoms. The maximum Gasteiger partial charge on any atom is 0.121 e. The van der Waals surface area contributed by atoms with E-state index in [1.807, 2.05) is 0 Å². The van der Waals surface area contributed by atoms with Crippen LogP contribution >= 0.6 is 0 Å². The molecular formula is C12H22N2O. The van der Waals surface area contributed by atoms with Crippen LogP contribution in [0.5, 0.6) is 0 Å². The van der Waals surface area contributed by atoms with E-state index in [1.165, 1.54) is 25.7 Å². The molecule has 2 N–H and O–H groups in total. The molecule has 0 amide bonds. The molecule has 3 rings (SSSR count). The Kier molecular flexibility index (Phi) is 2.71. The molecule has 2 saturated heterocycles. The zero-order valence-electron chi connectivity index (χ0n) is 9.43. The second-order valence-electron chi connectivity index (χ2n) is 5.35. The average molecular weight is 210 g/mol. The van der Waals surface area contributed by atoms with Crippen molar-refractivity contribution in [1.82, 2.24) is 10.6 Å². The van der Waals surface area contributed by atoms with Crippen molar-refractivity contribution in [1.29, 1.82) is 0 Å². The smallest absolute Gasteiger partial charge is 0.121 e. The summed E-state index contributed by atoms with van der Waals surface area (Å²) in [7, 11) is 0. The van der Waals surface area contributed by atoms with E-state index >= 15 is 0 Å². The largest absolute Gasteiger partial charge is 0.360 e. The van der Waals surface area contributed by atoms with Crippen molar-refractivity contribution in [2.45, 2.75) is 50.3 Å². The van der Waals surface area contributed by atoms with Crippen LogP contribution in [0.1, 0.15) is 38.5 Å². The molecule has 86 valence electrons. The van der Waals surface area contributed by atoms with Crippen LogP contribution in [0, 0.1) is 5.92 Å². The first-order valence-corrected chi connectivity index (χ1v) is 6.50. The average Bonchev–Trinajstić information content (AvgIpc) is 2.30. The lowest BCUT2D eigenvalue weighted by atomic mass is 9.82. The SMILES string of the molecule is C1CCC2NC3(CCNCC3)OCC2C1. The summed E-state index contributed by atoms with van der Waals surface area (Å²) in [5.74, 6) is 0.791. The van der Waals surface area contributed by atoms with Crippen LogP contribution < -0.4 is 10.6 Å². The zero-order valence-corrected chi connectivity index (χ0v) is 9.43. The van der Waals surface area contributed by atoms with Gasteiger partial charge in [0.2, 0.25) is 0 Å². The van der Waals surface area contributed by atoms with E-state index in [1.54, 1.807) is 0 Å². The summed E-state index contributed by atoms with van der Waals surface area (Å²) in [6.45, 7) is 3.20. The number of ether oxygens (including phenoxy) is 1. The summed E-state index contributed by atoms with van der Waals surface area (Å²) >= 11 is 0. The molecule has 3 fully saturated rings. The summed E-state index contributed by atoms with van der Waals surface area (Å²) in [4.78, 5) is 0. The van der Waals surface area contributed by atoms with E-state index in [0.29, 0.717) is 0 Å². The lowest BCUT2D eigenvalue weighted by Crippen LogP contribution is -2.63. The van der Waals surface area contributed by atoms with Crippen LogP contribution in [0.4, 0.5) is 0 Å². The third-order valence-electron chi connectivity index (χ3n) is 4.34. The van der Waals surface area contributed by atoms with Gasteiger partial charge in [0.15, 0.2) is 0 Å². The van der Waals surface area contributed by atoms with Gasteiger partial charge in [-0.25, -0.2) is 0 Å². The number of nitrogens with one attached hydrogen (secondary N) is 2. The highest BCUT2D eigenvalue weighted by Gasteiger charge is 2.42. The first-order chi connectivity index (χ1) is 7.38. The lowest BCUT2D eigenvalue weighted by Gasteiger charge is -2.49. The van der Waals surface area contributed by atoms with Crippen LogP contribution in [0.15, 0.2) is 0 Å². The molecule has 1 aliphatic carbocycles. The van der Waals surface area contributed by atoms with Crippen molar-refractivity contribution >= 4 is 0 Å². The van der Waals surface area contributed by atoms with E-state index in [9.17, 15) is 0 Å². The normalized spacial score (nSPS) is 40.0. The Hall–Kier alpha value is -0.120. The number of piperidine rings is 1. The molecule has 3 heteroatoms. The molecule has 0 aromatic carbocycles. The monoisotopic (exact) mass is 210 g/mol. The topological polar surface area (TPSA) is 33.3 Å². The minimum atomic E-state index is 0.0315. The summed E-state index contributed by atoms with van der Waals surface area (Å²) in [5.41, 5.74) is 0.0315. The molecule has 1 saturated carbocycles. The van der Waals surface area contributed by atoms with Gasteiger partial charge in [0.1, 0.15) is 5.72 Å². The summed E-state index contributed by atoms with van der Waals surface area (Å²) in [6.07, 6.45) is 7.81. The van der Waals surface area contributed by atoms with Crippen molar-refractivity contribution < 1.29 is 4.74 Å². The second-order valence-corrected chi connectivity index (χ2v) is 5.35. The third kappa shape index (κ3) is 1.93. The van der Waals surface area contributed by atoms with Gasteiger partial charge in [-0.1, -0.05) is 12.8 Å². The summed E-state index contributed by atoms with van der Waals surface area (Å²) in [5, 5.41) is 7.22. The van der Waals surface area contributed by atoms with Gasteiger partial charge in [-0.15, -0.1) is 0 Å². The fraction of sp³-hybridized carbons (Fsp3) is 1.00. The van der Waals surface area contributed by atoms with Crippen LogP contribution in [-0.4, -0.2) is 31.5 Å². The number of rotatable bonds is 0. The Balaban J connectivity index is 1.68. The Morgan fingerprint density at radius 2 is 1.87 bits per heavy atom. The highest BCUT2D eigenvalue weighted by Crippen LogP contribution is 2.34. The van der Waals surface area contributed by atoms with Gasteiger partial charge >= 0.3 is 0 Å². The van der Waals surface area contributed by atoms with E-state index in [-0.39, 0.29) is 5.72 Å². The quantitative estimate of drug-likeness (QED) is 0.631. The molecular weight excluding hydrogens is 188 g/mol. The molecule has 2 aliphatic heterocycles. The molecule has 2 heterocycles. The molecule has 0 aromatic rings. The number of hydrogen-bond acceptors (Lipinski definition) is 3. The fourth-order valence-electron chi connectivity index (χ4n) is 3.36. The fourth-order valence-corrected chi connectivity index (χ4v) is 3.36. The number of fused-ring (bicyclic) bond motifs is 1. The van der Waals surface area contributed by atoms with Crippen LogP contribution in [0.25, 0.3) is 0 Å². The van der Waals surface area contributed by atoms with Crippen molar-refractivity contribution in [2.24, 2.45) is 5.92 Å². The predicted octanol–water partition coefficient (Wildman–Crippen LogP) is 1.24. The third-order valence-corrected chi connectivity index (χ3v) is 4.34. The van der Waals surface area contributed by atoms with Gasteiger partial charge in [0.25, 0.3) is 0 Å². The van der Waals surface area contributed by atoms with Crippen LogP contribution in [0.3, 0.4) is 0 Å². The second kappa shape index (κ2) is 4.04. The van der Waals surface area contributed by atoms with E-state index in [2.05, 4.69) is 10.6 Å². The van der Waals surface area contributed by atoms with E-state index < -0.39 is 0 Å². The van der Waals surface area contributed by atoms with E-state index in [4.69, 9.17) is 4.74 Å². The summed E-state index contributed by atoms with van der Waals surface area (Å²) < 4.78 is 6.12.